The predicted molar refractivity (Wildman–Crippen MR) is 206 cm³/mol. The van der Waals surface area contributed by atoms with Crippen LogP contribution in [-0.2, 0) is 9.47 Å². The maximum absolute atomic E-state index is 5.61. The Hall–Kier alpha value is -0.0800. The van der Waals surface area contributed by atoms with Crippen LogP contribution in [0.3, 0.4) is 0 Å². The summed E-state index contributed by atoms with van der Waals surface area (Å²) >= 11 is 0. The van der Waals surface area contributed by atoms with E-state index in [2.05, 4.69) is 41.5 Å². The third-order valence-electron chi connectivity index (χ3n) is 8.94. The molecule has 0 unspecified atom stereocenters. The molecule has 0 atom stereocenters. The molecule has 0 rings (SSSR count). The van der Waals surface area contributed by atoms with E-state index < -0.39 is 0 Å². The first-order chi connectivity index (χ1) is 22.0. The minimum Gasteiger partial charge on any atom is -0.381 e. The van der Waals surface area contributed by atoms with E-state index >= 15 is 0 Å². The summed E-state index contributed by atoms with van der Waals surface area (Å²) in [5, 5.41) is 0. The lowest BCUT2D eigenvalue weighted by Crippen LogP contribution is -2.02. The molecule has 0 aliphatic heterocycles. The van der Waals surface area contributed by atoms with Gasteiger partial charge in [-0.3, -0.25) is 0 Å². The van der Waals surface area contributed by atoms with Crippen LogP contribution in [0.1, 0.15) is 241 Å². The van der Waals surface area contributed by atoms with E-state index in [1.807, 2.05) is 0 Å². The van der Waals surface area contributed by atoms with Crippen LogP contribution in [0.5, 0.6) is 0 Å². The van der Waals surface area contributed by atoms with Gasteiger partial charge in [0, 0.05) is 26.4 Å². The molecule has 0 aromatic rings. The molecule has 45 heavy (non-hydrogen) atoms. The van der Waals surface area contributed by atoms with Crippen molar-refractivity contribution in [2.75, 3.05) is 26.4 Å². The van der Waals surface area contributed by atoms with Crippen LogP contribution in [0.15, 0.2) is 0 Å². The van der Waals surface area contributed by atoms with Crippen molar-refractivity contribution in [2.24, 2.45) is 11.8 Å². The van der Waals surface area contributed by atoms with Gasteiger partial charge < -0.3 is 9.47 Å². The van der Waals surface area contributed by atoms with Crippen LogP contribution >= 0.6 is 0 Å². The van der Waals surface area contributed by atoms with E-state index in [-0.39, 0.29) is 0 Å². The molecule has 0 N–H and O–H groups in total. The zero-order valence-corrected chi connectivity index (χ0v) is 32.7. The van der Waals surface area contributed by atoms with Gasteiger partial charge in [0.15, 0.2) is 0 Å². The highest BCUT2D eigenvalue weighted by atomic mass is 16.5. The van der Waals surface area contributed by atoms with Gasteiger partial charge >= 0.3 is 0 Å². The summed E-state index contributed by atoms with van der Waals surface area (Å²) in [5.41, 5.74) is 0. The van der Waals surface area contributed by atoms with E-state index in [9.17, 15) is 0 Å². The van der Waals surface area contributed by atoms with Crippen molar-refractivity contribution in [3.63, 3.8) is 0 Å². The summed E-state index contributed by atoms with van der Waals surface area (Å²) in [6, 6.07) is 0. The fourth-order valence-corrected chi connectivity index (χ4v) is 5.97. The topological polar surface area (TPSA) is 18.5 Å². The summed E-state index contributed by atoms with van der Waals surface area (Å²) in [7, 11) is 0. The molecule has 0 radical (unpaired) electrons. The van der Waals surface area contributed by atoms with Crippen LogP contribution < -0.4 is 0 Å². The first-order valence-electron chi connectivity index (χ1n) is 21.2. The van der Waals surface area contributed by atoms with Gasteiger partial charge in [-0.25, -0.2) is 0 Å². The molecule has 0 aromatic carbocycles. The van der Waals surface area contributed by atoms with E-state index in [1.54, 1.807) is 0 Å². The standard InChI is InChI=1S/C22H46O.C21H44O/c1-4-5-6-7-8-9-10-11-12-13-14-15-16-17-18-19-20-23-21-22(2)3;1-4-5-6-7-8-9-10-11-12-13-14-15-16-17-18-19-22-20-21(2)3/h22H,4-21H2,1-3H3;21H,4-20H2,1-3H3. The quantitative estimate of drug-likeness (QED) is 0.0630. The predicted octanol–water partition coefficient (Wildman–Crippen LogP) is 15.5. The number of unbranched alkanes of at least 4 members (excludes halogenated alkanes) is 29. The Morgan fingerprint density at radius 2 is 0.444 bits per heavy atom. The smallest absolute Gasteiger partial charge is 0.0488 e. The maximum Gasteiger partial charge on any atom is 0.0488 e. The van der Waals surface area contributed by atoms with Crippen LogP contribution in [0.4, 0.5) is 0 Å². The molecular formula is C43H90O2. The molecular weight excluding hydrogens is 548 g/mol. The minimum absolute atomic E-state index is 0.677. The van der Waals surface area contributed by atoms with Gasteiger partial charge in [-0.2, -0.15) is 0 Å². The van der Waals surface area contributed by atoms with E-state index in [4.69, 9.17) is 9.47 Å². The van der Waals surface area contributed by atoms with Gasteiger partial charge in [0.05, 0.1) is 0 Å². The highest BCUT2D eigenvalue weighted by molar-refractivity contribution is 4.52. The summed E-state index contributed by atoms with van der Waals surface area (Å²) in [6.45, 7) is 17.2. The third-order valence-corrected chi connectivity index (χ3v) is 8.94. The van der Waals surface area contributed by atoms with Crippen molar-refractivity contribution in [3.05, 3.63) is 0 Å². The van der Waals surface area contributed by atoms with Crippen LogP contribution in [0.25, 0.3) is 0 Å². The van der Waals surface area contributed by atoms with Crippen molar-refractivity contribution in [1.29, 1.82) is 0 Å². The van der Waals surface area contributed by atoms with E-state index in [1.165, 1.54) is 199 Å². The lowest BCUT2D eigenvalue weighted by Gasteiger charge is -2.06. The van der Waals surface area contributed by atoms with Crippen molar-refractivity contribution >= 4 is 0 Å². The van der Waals surface area contributed by atoms with Crippen LogP contribution in [-0.4, -0.2) is 26.4 Å². The Kier molecular flexibility index (Phi) is 45.9. The second kappa shape index (κ2) is 43.9. The van der Waals surface area contributed by atoms with Crippen molar-refractivity contribution in [2.45, 2.75) is 241 Å². The SMILES string of the molecule is CCCCCCCCCCCCCCCCCCOCC(C)C.CCCCCCCCCCCCCCCCCOCC(C)C. The molecule has 0 saturated heterocycles. The molecule has 2 heteroatoms. The van der Waals surface area contributed by atoms with Gasteiger partial charge in [-0.1, -0.05) is 228 Å². The number of ether oxygens (including phenoxy) is 2. The monoisotopic (exact) mass is 639 g/mol. The number of hydrogen-bond acceptors (Lipinski definition) is 2. The Labute approximate surface area is 287 Å². The lowest BCUT2D eigenvalue weighted by molar-refractivity contribution is 0.106. The van der Waals surface area contributed by atoms with Crippen LogP contribution in [0, 0.1) is 11.8 Å². The summed E-state index contributed by atoms with van der Waals surface area (Å²) in [6.07, 6.45) is 44.3. The molecule has 0 aliphatic rings. The molecule has 0 aromatic heterocycles. The van der Waals surface area contributed by atoms with E-state index in [0.717, 1.165) is 26.4 Å². The Morgan fingerprint density at radius 1 is 0.267 bits per heavy atom. The Bertz CT molecular complexity index is 474. The fraction of sp³-hybridized carbons (Fsp3) is 1.00. The maximum atomic E-state index is 5.61. The molecule has 274 valence electrons. The third kappa shape index (κ3) is 51.0. The molecule has 0 spiro atoms. The molecule has 0 amide bonds. The van der Waals surface area contributed by atoms with Crippen molar-refractivity contribution < 1.29 is 9.47 Å². The molecule has 0 aliphatic carbocycles. The first kappa shape index (κ1) is 47.0. The molecule has 0 heterocycles. The van der Waals surface area contributed by atoms with Crippen molar-refractivity contribution in [3.8, 4) is 0 Å². The summed E-state index contributed by atoms with van der Waals surface area (Å²) in [5.74, 6) is 1.35. The van der Waals surface area contributed by atoms with Gasteiger partial charge in [0.1, 0.15) is 0 Å². The molecule has 0 bridgehead atoms. The largest absolute Gasteiger partial charge is 0.381 e. The Balaban J connectivity index is 0. The van der Waals surface area contributed by atoms with Gasteiger partial charge in [-0.05, 0) is 24.7 Å². The molecule has 2 nitrogen and oxygen atoms in total. The minimum atomic E-state index is 0.677. The highest BCUT2D eigenvalue weighted by Gasteiger charge is 1.98. The average molecular weight is 639 g/mol. The number of rotatable bonds is 37. The van der Waals surface area contributed by atoms with Gasteiger partial charge in [-0.15, -0.1) is 0 Å². The van der Waals surface area contributed by atoms with Crippen LogP contribution in [0.2, 0.25) is 0 Å². The Morgan fingerprint density at radius 3 is 0.622 bits per heavy atom. The first-order valence-corrected chi connectivity index (χ1v) is 21.2. The zero-order chi connectivity index (χ0) is 33.3. The van der Waals surface area contributed by atoms with E-state index in [0.29, 0.717) is 11.8 Å². The molecule has 0 saturated carbocycles. The van der Waals surface area contributed by atoms with Gasteiger partial charge in [0.25, 0.3) is 0 Å². The zero-order valence-electron chi connectivity index (χ0n) is 32.7. The highest BCUT2D eigenvalue weighted by Crippen LogP contribution is 2.15. The fourth-order valence-electron chi connectivity index (χ4n) is 5.97. The second-order valence-corrected chi connectivity index (χ2v) is 15.2. The second-order valence-electron chi connectivity index (χ2n) is 15.2. The average Bonchev–Trinajstić information content (AvgIpc) is 3.02. The van der Waals surface area contributed by atoms with Crippen molar-refractivity contribution in [1.82, 2.24) is 0 Å². The van der Waals surface area contributed by atoms with Gasteiger partial charge in [0.2, 0.25) is 0 Å². The normalized spacial score (nSPS) is 11.5. The lowest BCUT2D eigenvalue weighted by atomic mass is 10.0. The number of hydrogen-bond donors (Lipinski definition) is 0. The molecule has 0 fully saturated rings. The summed E-state index contributed by atoms with van der Waals surface area (Å²) < 4.78 is 11.2. The summed E-state index contributed by atoms with van der Waals surface area (Å²) in [4.78, 5) is 0.